The maximum Gasteiger partial charge on any atom is 0.258 e. The Balaban J connectivity index is 2.08. The highest BCUT2D eigenvalue weighted by Crippen LogP contribution is 2.07. The highest BCUT2D eigenvalue weighted by Gasteiger charge is 2.17. The molecule has 17 heavy (non-hydrogen) atoms. The maximum absolute atomic E-state index is 11.8. The molecule has 2 N–H and O–H groups in total. The number of oxazole rings is 1. The number of hydrogen-bond acceptors (Lipinski definition) is 5. The monoisotopic (exact) mass is 256 g/mol. The number of H-pyrrole nitrogens is 1. The van der Waals surface area contributed by atoms with Crippen molar-refractivity contribution in [2.24, 2.45) is 0 Å². The highest BCUT2D eigenvalue weighted by atomic mass is 32.2. The minimum absolute atomic E-state index is 0.00818. The van der Waals surface area contributed by atoms with Crippen LogP contribution in [0.2, 0.25) is 0 Å². The number of aromatic nitrogens is 3. The van der Waals surface area contributed by atoms with Crippen molar-refractivity contribution >= 4 is 10.0 Å². The van der Waals surface area contributed by atoms with E-state index in [2.05, 4.69) is 19.7 Å². The molecule has 0 atom stereocenters. The van der Waals surface area contributed by atoms with Crippen molar-refractivity contribution in [3.05, 3.63) is 29.9 Å². The van der Waals surface area contributed by atoms with Crippen LogP contribution in [0.25, 0.3) is 0 Å². The standard InChI is InChI=1S/C9H12N4O3S/c1-6-3-11-8(16-6)4-12-17(14,15)9-5-10-7(2)13-9/h3,5,12H,4H2,1-2H3,(H,10,13). The summed E-state index contributed by atoms with van der Waals surface area (Å²) in [5.74, 6) is 1.50. The van der Waals surface area contributed by atoms with E-state index in [-0.39, 0.29) is 11.6 Å². The van der Waals surface area contributed by atoms with Crippen molar-refractivity contribution in [1.82, 2.24) is 19.7 Å². The largest absolute Gasteiger partial charge is 0.445 e. The molecule has 0 radical (unpaired) electrons. The molecule has 2 heterocycles. The summed E-state index contributed by atoms with van der Waals surface area (Å²) in [4.78, 5) is 10.4. The fourth-order valence-corrected chi connectivity index (χ4v) is 2.20. The summed E-state index contributed by atoms with van der Waals surface area (Å²) in [5, 5.41) is 0.0262. The van der Waals surface area contributed by atoms with Crippen LogP contribution in [-0.2, 0) is 16.6 Å². The number of aromatic amines is 1. The van der Waals surface area contributed by atoms with Crippen molar-refractivity contribution in [3.8, 4) is 0 Å². The first-order chi connectivity index (χ1) is 7.97. The molecule has 7 nitrogen and oxygen atoms in total. The van der Waals surface area contributed by atoms with E-state index in [9.17, 15) is 8.42 Å². The van der Waals surface area contributed by atoms with Crippen LogP contribution in [0, 0.1) is 13.8 Å². The molecule has 0 spiro atoms. The Morgan fingerprint density at radius 2 is 2.12 bits per heavy atom. The predicted molar refractivity (Wildman–Crippen MR) is 58.6 cm³/mol. The molecule has 0 saturated heterocycles. The van der Waals surface area contributed by atoms with Crippen LogP contribution in [0.1, 0.15) is 17.5 Å². The van der Waals surface area contributed by atoms with Crippen LogP contribution in [-0.4, -0.2) is 23.4 Å². The third-order valence-electron chi connectivity index (χ3n) is 2.05. The van der Waals surface area contributed by atoms with Gasteiger partial charge < -0.3 is 9.40 Å². The van der Waals surface area contributed by atoms with Crippen LogP contribution in [0.3, 0.4) is 0 Å². The quantitative estimate of drug-likeness (QED) is 0.829. The topological polar surface area (TPSA) is 101 Å². The van der Waals surface area contributed by atoms with Crippen molar-refractivity contribution in [1.29, 1.82) is 0 Å². The van der Waals surface area contributed by atoms with Gasteiger partial charge in [0, 0.05) is 0 Å². The van der Waals surface area contributed by atoms with Crippen LogP contribution in [0.15, 0.2) is 21.8 Å². The molecule has 0 fully saturated rings. The molecule has 0 amide bonds. The first-order valence-corrected chi connectivity index (χ1v) is 6.38. The van der Waals surface area contributed by atoms with Gasteiger partial charge in [-0.2, -0.15) is 0 Å². The van der Waals surface area contributed by atoms with E-state index < -0.39 is 10.0 Å². The summed E-state index contributed by atoms with van der Waals surface area (Å²) in [7, 11) is -3.60. The number of nitrogens with zero attached hydrogens (tertiary/aromatic N) is 2. The van der Waals surface area contributed by atoms with Gasteiger partial charge in [0.05, 0.1) is 18.9 Å². The Kier molecular flexibility index (Phi) is 2.99. The van der Waals surface area contributed by atoms with E-state index in [0.717, 1.165) is 0 Å². The second kappa shape index (κ2) is 4.30. The SMILES string of the molecule is Cc1ncc(S(=O)(=O)NCc2ncc(C)o2)[nH]1. The summed E-state index contributed by atoms with van der Waals surface area (Å²) in [6.07, 6.45) is 2.79. The lowest BCUT2D eigenvalue weighted by atomic mass is 10.6. The van der Waals surface area contributed by atoms with Gasteiger partial charge in [-0.25, -0.2) is 23.1 Å². The lowest BCUT2D eigenvalue weighted by Gasteiger charge is -2.01. The van der Waals surface area contributed by atoms with E-state index in [0.29, 0.717) is 17.5 Å². The van der Waals surface area contributed by atoms with E-state index >= 15 is 0 Å². The lowest BCUT2D eigenvalue weighted by molar-refractivity contribution is 0.463. The number of sulfonamides is 1. The average molecular weight is 256 g/mol. The lowest BCUT2D eigenvalue weighted by Crippen LogP contribution is -2.23. The van der Waals surface area contributed by atoms with Crippen LogP contribution in [0.5, 0.6) is 0 Å². The van der Waals surface area contributed by atoms with Crippen molar-refractivity contribution in [2.45, 2.75) is 25.4 Å². The maximum atomic E-state index is 11.8. The molecular formula is C9H12N4O3S. The molecule has 0 unspecified atom stereocenters. The van der Waals surface area contributed by atoms with E-state index in [1.165, 1.54) is 12.4 Å². The van der Waals surface area contributed by atoms with Crippen molar-refractivity contribution in [2.75, 3.05) is 0 Å². The number of imidazole rings is 1. The third kappa shape index (κ3) is 2.71. The summed E-state index contributed by atoms with van der Waals surface area (Å²) >= 11 is 0. The summed E-state index contributed by atoms with van der Waals surface area (Å²) in [6, 6.07) is 0. The van der Waals surface area contributed by atoms with Gasteiger partial charge in [0.25, 0.3) is 10.0 Å². The molecular weight excluding hydrogens is 244 g/mol. The Bertz CT molecular complexity index is 614. The zero-order valence-corrected chi connectivity index (χ0v) is 10.2. The third-order valence-corrected chi connectivity index (χ3v) is 3.36. The molecule has 2 rings (SSSR count). The normalized spacial score (nSPS) is 11.9. The second-order valence-electron chi connectivity index (χ2n) is 3.52. The smallest absolute Gasteiger partial charge is 0.258 e. The minimum atomic E-state index is -3.60. The van der Waals surface area contributed by atoms with Gasteiger partial charge in [-0.3, -0.25) is 0 Å². The zero-order chi connectivity index (χ0) is 12.5. The first kappa shape index (κ1) is 11.8. The van der Waals surface area contributed by atoms with Gasteiger partial charge in [0.1, 0.15) is 11.6 Å². The summed E-state index contributed by atoms with van der Waals surface area (Å²) in [5.41, 5.74) is 0. The number of hydrogen-bond donors (Lipinski definition) is 2. The Hall–Kier alpha value is -1.67. The average Bonchev–Trinajstić information content (AvgIpc) is 2.85. The fraction of sp³-hybridized carbons (Fsp3) is 0.333. The molecule has 0 aliphatic carbocycles. The molecule has 0 saturated carbocycles. The second-order valence-corrected chi connectivity index (χ2v) is 5.26. The van der Waals surface area contributed by atoms with Crippen LogP contribution < -0.4 is 4.72 Å². The van der Waals surface area contributed by atoms with Gasteiger partial charge in [0.15, 0.2) is 5.03 Å². The molecule has 0 bridgehead atoms. The Morgan fingerprint density at radius 3 is 2.65 bits per heavy atom. The predicted octanol–water partition coefficient (Wildman–Crippen LogP) is 0.493. The fourth-order valence-electron chi connectivity index (χ4n) is 1.25. The van der Waals surface area contributed by atoms with Gasteiger partial charge in [-0.15, -0.1) is 0 Å². The van der Waals surface area contributed by atoms with E-state index in [1.807, 2.05) is 0 Å². The van der Waals surface area contributed by atoms with Crippen LogP contribution in [0.4, 0.5) is 0 Å². The molecule has 92 valence electrons. The molecule has 0 aliphatic rings. The van der Waals surface area contributed by atoms with Gasteiger partial charge >= 0.3 is 0 Å². The minimum Gasteiger partial charge on any atom is -0.445 e. The molecule has 0 aliphatic heterocycles. The van der Waals surface area contributed by atoms with Gasteiger partial charge in [-0.05, 0) is 13.8 Å². The zero-order valence-electron chi connectivity index (χ0n) is 9.39. The number of nitrogens with one attached hydrogen (secondary N) is 2. The van der Waals surface area contributed by atoms with E-state index in [4.69, 9.17) is 4.42 Å². The van der Waals surface area contributed by atoms with Crippen molar-refractivity contribution < 1.29 is 12.8 Å². The molecule has 2 aromatic rings. The Morgan fingerprint density at radius 1 is 1.35 bits per heavy atom. The molecule has 0 aromatic carbocycles. The molecule has 8 heteroatoms. The van der Waals surface area contributed by atoms with Crippen molar-refractivity contribution in [3.63, 3.8) is 0 Å². The number of aryl methyl sites for hydroxylation is 2. The first-order valence-electron chi connectivity index (χ1n) is 4.90. The summed E-state index contributed by atoms with van der Waals surface area (Å²) in [6.45, 7) is 3.42. The van der Waals surface area contributed by atoms with Gasteiger partial charge in [0.2, 0.25) is 5.89 Å². The molecule has 2 aromatic heterocycles. The number of rotatable bonds is 4. The Labute approximate surface area is 98.3 Å². The van der Waals surface area contributed by atoms with E-state index in [1.54, 1.807) is 13.8 Å². The highest BCUT2D eigenvalue weighted by molar-refractivity contribution is 7.89. The van der Waals surface area contributed by atoms with Gasteiger partial charge in [-0.1, -0.05) is 0 Å². The summed E-state index contributed by atoms with van der Waals surface area (Å²) < 4.78 is 31.1. The van der Waals surface area contributed by atoms with Crippen LogP contribution >= 0.6 is 0 Å².